The molecule has 0 saturated carbocycles. The zero-order valence-electron chi connectivity index (χ0n) is 17.1. The summed E-state index contributed by atoms with van der Waals surface area (Å²) in [7, 11) is 1.54. The molecule has 0 bridgehead atoms. The molecule has 9 heteroatoms. The van der Waals surface area contributed by atoms with E-state index in [2.05, 4.69) is 25.0 Å². The van der Waals surface area contributed by atoms with Gasteiger partial charge in [-0.1, -0.05) is 11.2 Å². The molecule has 2 saturated heterocycles. The van der Waals surface area contributed by atoms with Gasteiger partial charge in [-0.3, -0.25) is 14.7 Å². The Balaban J connectivity index is 1.26. The van der Waals surface area contributed by atoms with Crippen LogP contribution in [0, 0.1) is 11.8 Å². The molecule has 2 fully saturated rings. The van der Waals surface area contributed by atoms with E-state index >= 15 is 0 Å². The third-order valence-electron chi connectivity index (χ3n) is 5.77. The molecule has 0 atom stereocenters. The van der Waals surface area contributed by atoms with Crippen LogP contribution in [0.4, 0.5) is 5.95 Å². The first-order chi connectivity index (χ1) is 14.6. The average Bonchev–Trinajstić information content (AvgIpc) is 2.75. The quantitative estimate of drug-likeness (QED) is 0.563. The van der Waals surface area contributed by atoms with Crippen molar-refractivity contribution in [3.63, 3.8) is 0 Å². The van der Waals surface area contributed by atoms with Crippen LogP contribution in [0.5, 0.6) is 0 Å². The number of hydrogen-bond acceptors (Lipinski definition) is 8. The lowest BCUT2D eigenvalue weighted by Gasteiger charge is -2.42. The number of aromatic nitrogens is 3. The number of likely N-dealkylation sites (tertiary alicyclic amines) is 2. The molecule has 2 N–H and O–H groups in total. The molecule has 4 heterocycles. The normalized spacial score (nSPS) is 18.8. The number of piperidine rings is 1. The van der Waals surface area contributed by atoms with E-state index in [0.717, 1.165) is 49.4 Å². The molecule has 2 aromatic heterocycles. The van der Waals surface area contributed by atoms with Gasteiger partial charge in [-0.25, -0.2) is 9.97 Å². The number of amides is 1. The number of carbonyl (C=O) groups excluding carboxylic acids is 1. The number of oxime groups is 1. The highest BCUT2D eigenvalue weighted by atomic mass is 16.6. The van der Waals surface area contributed by atoms with Crippen molar-refractivity contribution in [1.82, 2.24) is 24.8 Å². The Morgan fingerprint density at radius 3 is 2.53 bits per heavy atom. The molecule has 2 aliphatic heterocycles. The van der Waals surface area contributed by atoms with Crippen molar-refractivity contribution in [2.24, 2.45) is 17.0 Å². The molecular weight excluding hydrogens is 382 g/mol. The van der Waals surface area contributed by atoms with Crippen molar-refractivity contribution >= 4 is 17.6 Å². The molecule has 0 spiro atoms. The fraction of sp³-hybridized carbons (Fsp3) is 0.476. The van der Waals surface area contributed by atoms with E-state index in [9.17, 15) is 4.79 Å². The van der Waals surface area contributed by atoms with Crippen LogP contribution in [0.3, 0.4) is 0 Å². The first-order valence-electron chi connectivity index (χ1n) is 10.2. The number of nitrogens with zero attached hydrogens (tertiary/aromatic N) is 6. The van der Waals surface area contributed by atoms with Crippen LogP contribution in [-0.4, -0.2) is 69.7 Å². The van der Waals surface area contributed by atoms with E-state index in [4.69, 9.17) is 10.6 Å². The van der Waals surface area contributed by atoms with Crippen LogP contribution < -0.4 is 5.73 Å². The van der Waals surface area contributed by atoms with Gasteiger partial charge in [0.05, 0.1) is 5.69 Å². The van der Waals surface area contributed by atoms with Crippen molar-refractivity contribution in [3.05, 3.63) is 48.0 Å². The number of rotatable bonds is 6. The van der Waals surface area contributed by atoms with Gasteiger partial charge in [0.15, 0.2) is 0 Å². The van der Waals surface area contributed by atoms with E-state index in [1.807, 2.05) is 23.1 Å². The molecule has 30 heavy (non-hydrogen) atoms. The Morgan fingerprint density at radius 2 is 1.90 bits per heavy atom. The first-order valence-corrected chi connectivity index (χ1v) is 10.2. The van der Waals surface area contributed by atoms with Crippen molar-refractivity contribution < 1.29 is 9.63 Å². The minimum absolute atomic E-state index is 0.0857. The second-order valence-electron chi connectivity index (χ2n) is 7.81. The molecule has 0 aliphatic carbocycles. The Kier molecular flexibility index (Phi) is 6.18. The molecule has 0 aromatic carbocycles. The SMILES string of the molecule is CON=C(c1ccccn1)C1CN(C(=O)C2CCN(Cc3cnc(N)nc3)CC2)C1. The number of carbonyl (C=O) groups is 1. The molecular formula is C21H27N7O2. The maximum Gasteiger partial charge on any atom is 0.225 e. The molecule has 4 rings (SSSR count). The van der Waals surface area contributed by atoms with Gasteiger partial charge in [0.25, 0.3) is 0 Å². The fourth-order valence-corrected chi connectivity index (χ4v) is 4.08. The van der Waals surface area contributed by atoms with Gasteiger partial charge in [0.2, 0.25) is 11.9 Å². The lowest BCUT2D eigenvalue weighted by Crippen LogP contribution is -2.56. The van der Waals surface area contributed by atoms with Crippen LogP contribution in [-0.2, 0) is 16.2 Å². The molecule has 2 aromatic rings. The number of hydrogen-bond donors (Lipinski definition) is 1. The standard InChI is InChI=1S/C21H27N7O2/c1-30-26-19(18-4-2-3-7-23-18)17-13-28(14-17)20(29)16-5-8-27(9-6-16)12-15-10-24-21(22)25-11-15/h2-4,7,10-11,16-17H,5-6,8-9,12-14H2,1H3,(H2,22,24,25). The van der Waals surface area contributed by atoms with E-state index < -0.39 is 0 Å². The molecule has 1 amide bonds. The summed E-state index contributed by atoms with van der Waals surface area (Å²) in [5.74, 6) is 0.786. The van der Waals surface area contributed by atoms with Crippen LogP contribution in [0.25, 0.3) is 0 Å². The average molecular weight is 409 g/mol. The Labute approximate surface area is 175 Å². The molecule has 9 nitrogen and oxygen atoms in total. The number of nitrogens with two attached hydrogens (primary N) is 1. The predicted octanol–water partition coefficient (Wildman–Crippen LogP) is 1.17. The predicted molar refractivity (Wildman–Crippen MR) is 112 cm³/mol. The maximum atomic E-state index is 12.9. The highest BCUT2D eigenvalue weighted by Gasteiger charge is 2.39. The minimum Gasteiger partial charge on any atom is -0.399 e. The highest BCUT2D eigenvalue weighted by molar-refractivity contribution is 6.02. The van der Waals surface area contributed by atoms with Crippen LogP contribution >= 0.6 is 0 Å². The summed E-state index contributed by atoms with van der Waals surface area (Å²) in [5.41, 5.74) is 8.19. The topological polar surface area (TPSA) is 110 Å². The maximum absolute atomic E-state index is 12.9. The van der Waals surface area contributed by atoms with E-state index in [-0.39, 0.29) is 23.7 Å². The second kappa shape index (κ2) is 9.17. The number of pyridine rings is 1. The van der Waals surface area contributed by atoms with Gasteiger partial charge in [-0.15, -0.1) is 0 Å². The van der Waals surface area contributed by atoms with Gasteiger partial charge in [0, 0.05) is 55.6 Å². The van der Waals surface area contributed by atoms with Crippen molar-refractivity contribution in [2.75, 3.05) is 39.0 Å². The van der Waals surface area contributed by atoms with E-state index in [1.165, 1.54) is 7.11 Å². The summed E-state index contributed by atoms with van der Waals surface area (Å²) in [5, 5.41) is 4.17. The lowest BCUT2D eigenvalue weighted by molar-refractivity contribution is -0.142. The van der Waals surface area contributed by atoms with E-state index in [0.29, 0.717) is 13.1 Å². The number of anilines is 1. The van der Waals surface area contributed by atoms with Gasteiger partial charge < -0.3 is 15.5 Å². The van der Waals surface area contributed by atoms with Gasteiger partial charge in [0.1, 0.15) is 12.8 Å². The summed E-state index contributed by atoms with van der Waals surface area (Å²) in [6.07, 6.45) is 7.01. The third kappa shape index (κ3) is 4.56. The monoisotopic (exact) mass is 409 g/mol. The summed E-state index contributed by atoms with van der Waals surface area (Å²) in [4.78, 5) is 34.7. The summed E-state index contributed by atoms with van der Waals surface area (Å²) in [6, 6.07) is 5.72. The Hall–Kier alpha value is -3.07. The minimum atomic E-state index is 0.0857. The molecule has 158 valence electrons. The zero-order chi connectivity index (χ0) is 20.9. The molecule has 2 aliphatic rings. The van der Waals surface area contributed by atoms with Crippen molar-refractivity contribution in [2.45, 2.75) is 19.4 Å². The molecule has 0 radical (unpaired) electrons. The summed E-state index contributed by atoms with van der Waals surface area (Å²) >= 11 is 0. The summed E-state index contributed by atoms with van der Waals surface area (Å²) < 4.78 is 0. The number of nitrogen functional groups attached to an aromatic ring is 1. The fourth-order valence-electron chi connectivity index (χ4n) is 4.08. The van der Waals surface area contributed by atoms with Crippen LogP contribution in [0.2, 0.25) is 0 Å². The smallest absolute Gasteiger partial charge is 0.225 e. The second-order valence-corrected chi connectivity index (χ2v) is 7.81. The van der Waals surface area contributed by atoms with E-state index in [1.54, 1.807) is 18.6 Å². The summed E-state index contributed by atoms with van der Waals surface area (Å²) in [6.45, 7) is 3.90. The largest absolute Gasteiger partial charge is 0.399 e. The van der Waals surface area contributed by atoms with Crippen LogP contribution in [0.15, 0.2) is 41.9 Å². The van der Waals surface area contributed by atoms with Crippen LogP contribution in [0.1, 0.15) is 24.1 Å². The third-order valence-corrected chi connectivity index (χ3v) is 5.77. The van der Waals surface area contributed by atoms with Gasteiger partial charge in [-0.2, -0.15) is 0 Å². The van der Waals surface area contributed by atoms with Gasteiger partial charge in [-0.05, 0) is 38.1 Å². The van der Waals surface area contributed by atoms with Crippen molar-refractivity contribution in [3.8, 4) is 0 Å². The Bertz CT molecular complexity index is 874. The highest BCUT2D eigenvalue weighted by Crippen LogP contribution is 2.27. The molecule has 0 unspecified atom stereocenters. The van der Waals surface area contributed by atoms with Crippen molar-refractivity contribution in [1.29, 1.82) is 0 Å². The first kappa shape index (κ1) is 20.2. The zero-order valence-corrected chi connectivity index (χ0v) is 17.1. The Morgan fingerprint density at radius 1 is 1.17 bits per heavy atom. The van der Waals surface area contributed by atoms with Gasteiger partial charge >= 0.3 is 0 Å². The lowest BCUT2D eigenvalue weighted by atomic mass is 9.88.